The highest BCUT2D eigenvalue weighted by Gasteiger charge is 1.99. The van der Waals surface area contributed by atoms with Crippen molar-refractivity contribution in [3.8, 4) is 0 Å². The summed E-state index contributed by atoms with van der Waals surface area (Å²) in [4.78, 5) is 0. The fourth-order valence-electron chi connectivity index (χ4n) is 0.118. The average molecular weight is 122 g/mol. The molecule has 0 saturated carbocycles. The molecule has 0 aliphatic heterocycles. The molecule has 3 nitrogen and oxygen atoms in total. The van der Waals surface area contributed by atoms with Gasteiger partial charge in [-0.2, -0.15) is 0 Å². The van der Waals surface area contributed by atoms with Gasteiger partial charge in [-0.25, -0.2) is 8.42 Å². The molecule has 0 amide bonds. The number of hydrogen-bond donors (Lipinski definition) is 0. The third-order valence-electron chi connectivity index (χ3n) is 0.607. The quantitative estimate of drug-likeness (QED) is 0.436. The van der Waals surface area contributed by atoms with E-state index in [1.54, 1.807) is 0 Å². The molecule has 0 atom stereocenters. The monoisotopic (exact) mass is 122 g/mol. The van der Waals surface area contributed by atoms with Gasteiger partial charge in [0.1, 0.15) is 0 Å². The van der Waals surface area contributed by atoms with Gasteiger partial charge in [-0.05, 0) is 6.92 Å². The minimum atomic E-state index is -3.16. The second kappa shape index (κ2) is 2.33. The highest BCUT2D eigenvalue weighted by atomic mass is 32.2. The average Bonchev–Trinajstić information content (AvgIpc) is 1.68. The Balaban J connectivity index is 3.89. The van der Waals surface area contributed by atoms with Crippen molar-refractivity contribution in [1.82, 2.24) is 0 Å². The second-order valence-electron chi connectivity index (χ2n) is 1.01. The smallest absolute Gasteiger partial charge is 0.283 e. The van der Waals surface area contributed by atoms with E-state index in [1.165, 1.54) is 6.92 Å². The lowest BCUT2D eigenvalue weighted by Crippen LogP contribution is -2.04. The minimum absolute atomic E-state index is 0.0451. The van der Waals surface area contributed by atoms with Crippen LogP contribution in [0.15, 0.2) is 0 Å². The van der Waals surface area contributed by atoms with Crippen LogP contribution in [0.1, 0.15) is 6.92 Å². The Morgan fingerprint density at radius 3 is 2.14 bits per heavy atom. The van der Waals surface area contributed by atoms with Crippen LogP contribution in [0.3, 0.4) is 0 Å². The number of rotatable bonds is 2. The first-order chi connectivity index (χ1) is 3.12. The predicted molar refractivity (Wildman–Crippen MR) is 29.1 cm³/mol. The fraction of sp³-hybridized carbons (Fsp3) is 1.00. The Bertz CT molecular complexity index is 116. The summed E-state index contributed by atoms with van der Waals surface area (Å²) in [6.07, 6.45) is 0. The Morgan fingerprint density at radius 2 is 2.14 bits per heavy atom. The molecule has 0 saturated heterocycles. The second-order valence-corrected chi connectivity index (χ2v) is 3.04. The maximum atomic E-state index is 10.1. The van der Waals surface area contributed by atoms with E-state index in [1.807, 2.05) is 0 Å². The first-order valence-electron chi connectivity index (χ1n) is 1.90. The third-order valence-corrected chi connectivity index (χ3v) is 1.82. The molecule has 0 aliphatic rings. The summed E-state index contributed by atoms with van der Waals surface area (Å²) in [5.74, 6) is 0.0451. The molecule has 0 aromatic heterocycles. The van der Waals surface area contributed by atoms with E-state index in [2.05, 4.69) is 4.10 Å². The van der Waals surface area contributed by atoms with Crippen LogP contribution in [0.2, 0.25) is 0 Å². The molecule has 0 fully saturated rings. The zero-order valence-electron chi connectivity index (χ0n) is 4.34. The Kier molecular flexibility index (Phi) is 2.32. The van der Waals surface area contributed by atoms with Gasteiger partial charge in [-0.15, -0.1) is 0 Å². The summed E-state index contributed by atoms with van der Waals surface area (Å²) in [5, 5.41) is 0. The van der Waals surface area contributed by atoms with Crippen molar-refractivity contribution < 1.29 is 12.5 Å². The molecule has 42 valence electrons. The van der Waals surface area contributed by atoms with Crippen LogP contribution in [0.25, 0.3) is 0 Å². The lowest BCUT2D eigenvalue weighted by molar-refractivity contribution is 0.509. The van der Waals surface area contributed by atoms with E-state index in [-0.39, 0.29) is 5.75 Å². The summed E-state index contributed by atoms with van der Waals surface area (Å²) in [6.45, 7) is 1.53. The molecule has 0 radical (unpaired) electrons. The zero-order valence-corrected chi connectivity index (χ0v) is 5.16. The lowest BCUT2D eigenvalue weighted by atomic mass is 10.6. The molecular formula is C2H7BO3S. The van der Waals surface area contributed by atoms with Crippen molar-refractivity contribution in [3.63, 3.8) is 0 Å². The maximum absolute atomic E-state index is 10.1. The maximum Gasteiger partial charge on any atom is 0.283 e. The van der Waals surface area contributed by atoms with Crippen molar-refractivity contribution in [1.29, 1.82) is 0 Å². The van der Waals surface area contributed by atoms with Crippen LogP contribution in [0.5, 0.6) is 0 Å². The van der Waals surface area contributed by atoms with Gasteiger partial charge in [0.2, 0.25) is 0 Å². The standard InChI is InChI=1S/C2H7BO3S/c1-2-7(4,5)6-3/h2-3H2,1H3. The van der Waals surface area contributed by atoms with Crippen molar-refractivity contribution in [2.45, 2.75) is 6.92 Å². The van der Waals surface area contributed by atoms with Gasteiger partial charge in [0, 0.05) is 0 Å². The fourth-order valence-corrected chi connectivity index (χ4v) is 0.354. The van der Waals surface area contributed by atoms with Gasteiger partial charge in [-0.1, -0.05) is 0 Å². The SMILES string of the molecule is BOS(=O)(=O)CC. The zero-order chi connectivity index (χ0) is 5.91. The molecule has 0 aromatic rings. The van der Waals surface area contributed by atoms with Crippen LogP contribution in [-0.4, -0.2) is 22.2 Å². The third kappa shape index (κ3) is 2.64. The Morgan fingerprint density at radius 1 is 1.71 bits per heavy atom. The van der Waals surface area contributed by atoms with Gasteiger partial charge in [0.15, 0.2) is 0 Å². The van der Waals surface area contributed by atoms with E-state index >= 15 is 0 Å². The molecule has 0 aliphatic carbocycles. The van der Waals surface area contributed by atoms with E-state index in [0.717, 1.165) is 8.05 Å². The van der Waals surface area contributed by atoms with Crippen LogP contribution in [-0.2, 0) is 14.2 Å². The first-order valence-corrected chi connectivity index (χ1v) is 3.48. The van der Waals surface area contributed by atoms with Gasteiger partial charge in [0.25, 0.3) is 18.2 Å². The van der Waals surface area contributed by atoms with E-state index < -0.39 is 10.1 Å². The summed E-state index contributed by atoms with van der Waals surface area (Å²) in [6, 6.07) is 0. The molecule has 7 heavy (non-hydrogen) atoms. The largest absolute Gasteiger partial charge is 0.343 e. The van der Waals surface area contributed by atoms with Crippen molar-refractivity contribution in [2.24, 2.45) is 0 Å². The van der Waals surface area contributed by atoms with Gasteiger partial charge in [0.05, 0.1) is 5.75 Å². The Hall–Kier alpha value is -0.0251. The highest BCUT2D eigenvalue weighted by Crippen LogP contribution is 1.84. The summed E-state index contributed by atoms with van der Waals surface area (Å²) < 4.78 is 24.4. The molecular weight excluding hydrogens is 115 g/mol. The molecule has 0 bridgehead atoms. The van der Waals surface area contributed by atoms with E-state index in [0.29, 0.717) is 0 Å². The van der Waals surface area contributed by atoms with Gasteiger partial charge >= 0.3 is 0 Å². The Labute approximate surface area is 44.2 Å². The van der Waals surface area contributed by atoms with Crippen LogP contribution in [0, 0.1) is 0 Å². The molecule has 0 spiro atoms. The highest BCUT2D eigenvalue weighted by molar-refractivity contribution is 7.87. The van der Waals surface area contributed by atoms with Gasteiger partial charge in [-0.3, -0.25) is 0 Å². The molecule has 0 aromatic carbocycles. The topological polar surface area (TPSA) is 43.4 Å². The number of hydrogen-bond acceptors (Lipinski definition) is 3. The van der Waals surface area contributed by atoms with Crippen LogP contribution >= 0.6 is 0 Å². The lowest BCUT2D eigenvalue weighted by Gasteiger charge is -1.91. The van der Waals surface area contributed by atoms with Gasteiger partial charge < -0.3 is 4.10 Å². The summed E-state index contributed by atoms with van der Waals surface area (Å²) in [7, 11) is -2.01. The van der Waals surface area contributed by atoms with Crippen molar-refractivity contribution in [3.05, 3.63) is 0 Å². The first kappa shape index (κ1) is 6.97. The predicted octanol–water partition coefficient (Wildman–Crippen LogP) is -1.10. The minimum Gasteiger partial charge on any atom is -0.343 e. The molecule has 0 unspecified atom stereocenters. The summed E-state index contributed by atoms with van der Waals surface area (Å²) in [5.41, 5.74) is 0. The molecule has 0 heterocycles. The van der Waals surface area contributed by atoms with Crippen LogP contribution in [0.4, 0.5) is 0 Å². The van der Waals surface area contributed by atoms with E-state index in [4.69, 9.17) is 0 Å². The van der Waals surface area contributed by atoms with Crippen LogP contribution < -0.4 is 0 Å². The summed E-state index contributed by atoms with van der Waals surface area (Å²) >= 11 is 0. The molecule has 5 heteroatoms. The molecule has 0 N–H and O–H groups in total. The van der Waals surface area contributed by atoms with Crippen molar-refractivity contribution >= 4 is 18.2 Å². The van der Waals surface area contributed by atoms with E-state index in [9.17, 15) is 8.42 Å². The molecule has 0 rings (SSSR count). The van der Waals surface area contributed by atoms with Crippen molar-refractivity contribution in [2.75, 3.05) is 5.75 Å². The normalized spacial score (nSPS) is 11.6.